The first kappa shape index (κ1) is 22.5. The average molecular weight is 494 g/mol. The third kappa shape index (κ3) is 3.46. The van der Waals surface area contributed by atoms with Crippen molar-refractivity contribution in [2.24, 2.45) is 4.99 Å². The number of hydrogen-bond acceptors (Lipinski definition) is 4. The summed E-state index contributed by atoms with van der Waals surface area (Å²) in [4.78, 5) is 3.97. The van der Waals surface area contributed by atoms with Crippen LogP contribution in [-0.4, -0.2) is 5.71 Å². The molecule has 8 heteroatoms. The highest BCUT2D eigenvalue weighted by molar-refractivity contribution is 6.25. The van der Waals surface area contributed by atoms with Crippen LogP contribution in [0.15, 0.2) is 77.8 Å². The lowest BCUT2D eigenvalue weighted by atomic mass is 9.96. The van der Waals surface area contributed by atoms with Gasteiger partial charge in [-0.3, -0.25) is 0 Å². The van der Waals surface area contributed by atoms with Crippen LogP contribution in [0.4, 0.5) is 17.6 Å². The predicted octanol–water partition coefficient (Wildman–Crippen LogP) is 6.95. The van der Waals surface area contributed by atoms with E-state index in [0.717, 1.165) is 45.5 Å². The molecule has 4 aromatic carbocycles. The van der Waals surface area contributed by atoms with Crippen molar-refractivity contribution in [3.8, 4) is 45.8 Å². The molecule has 4 aromatic rings. The fraction of sp³-hybridized carbons (Fsp3) is 0.0690. The van der Waals surface area contributed by atoms with Gasteiger partial charge in [-0.15, -0.1) is 0 Å². The van der Waals surface area contributed by atoms with E-state index in [2.05, 4.69) is 10.3 Å². The Kier molecular flexibility index (Phi) is 4.89. The molecule has 0 heterocycles. The zero-order chi connectivity index (χ0) is 25.9. The fourth-order valence-corrected chi connectivity index (χ4v) is 5.24. The Balaban J connectivity index is 1.50. The second-order valence-corrected chi connectivity index (χ2v) is 8.80. The first-order valence-corrected chi connectivity index (χ1v) is 11.2. The van der Waals surface area contributed by atoms with E-state index >= 15 is 0 Å². The van der Waals surface area contributed by atoms with E-state index in [1.165, 1.54) is 24.3 Å². The highest BCUT2D eigenvalue weighted by Crippen LogP contribution is 2.49. The van der Waals surface area contributed by atoms with Crippen molar-refractivity contribution < 1.29 is 17.6 Å². The van der Waals surface area contributed by atoms with Gasteiger partial charge < -0.3 is 5.32 Å². The van der Waals surface area contributed by atoms with Crippen LogP contribution in [-0.2, 0) is 6.18 Å². The smallest absolute Gasteiger partial charge is 0.312 e. The molecule has 0 bridgehead atoms. The van der Waals surface area contributed by atoms with Crippen molar-refractivity contribution in [1.82, 2.24) is 5.32 Å². The van der Waals surface area contributed by atoms with E-state index < -0.39 is 23.6 Å². The SMILES string of the molecule is N#CN=C1c2cc(F)ccc2-c2cc3c(cc21)-c1ccc(-c2ccc(C(F)(F)F)cc2)cc1C3NC#N. The summed E-state index contributed by atoms with van der Waals surface area (Å²) in [6, 6.07) is 18.2. The summed E-state index contributed by atoms with van der Waals surface area (Å²) in [6.07, 6.45) is -0.606. The first-order valence-electron chi connectivity index (χ1n) is 11.2. The third-order valence-electron chi connectivity index (χ3n) is 6.85. The molecule has 2 aliphatic carbocycles. The number of nitrogens with zero attached hydrogens (tertiary/aromatic N) is 3. The van der Waals surface area contributed by atoms with Crippen molar-refractivity contribution in [3.63, 3.8) is 0 Å². The van der Waals surface area contributed by atoms with Crippen LogP contribution in [0, 0.1) is 28.7 Å². The maximum absolute atomic E-state index is 14.0. The van der Waals surface area contributed by atoms with Crippen LogP contribution in [0.1, 0.15) is 33.9 Å². The van der Waals surface area contributed by atoms with Gasteiger partial charge in [-0.05, 0) is 87.0 Å². The zero-order valence-electron chi connectivity index (χ0n) is 18.9. The van der Waals surface area contributed by atoms with Crippen molar-refractivity contribution in [1.29, 1.82) is 10.5 Å². The van der Waals surface area contributed by atoms with E-state index in [0.29, 0.717) is 28.0 Å². The van der Waals surface area contributed by atoms with Crippen LogP contribution in [0.3, 0.4) is 0 Å². The van der Waals surface area contributed by atoms with Crippen molar-refractivity contribution >= 4 is 5.71 Å². The molecule has 0 fully saturated rings. The molecule has 4 nitrogen and oxygen atoms in total. The Bertz CT molecular complexity index is 1720. The lowest BCUT2D eigenvalue weighted by Crippen LogP contribution is -2.14. The highest BCUT2D eigenvalue weighted by atomic mass is 19.4. The van der Waals surface area contributed by atoms with E-state index in [4.69, 9.17) is 0 Å². The zero-order valence-corrected chi connectivity index (χ0v) is 18.9. The van der Waals surface area contributed by atoms with Gasteiger partial charge in [0.1, 0.15) is 5.82 Å². The molecule has 1 atom stereocenters. The number of fused-ring (bicyclic) bond motifs is 6. The van der Waals surface area contributed by atoms with Gasteiger partial charge in [0.2, 0.25) is 6.19 Å². The summed E-state index contributed by atoms with van der Waals surface area (Å²) in [7, 11) is 0. The molecule has 0 saturated heterocycles. The van der Waals surface area contributed by atoms with Gasteiger partial charge in [0.05, 0.1) is 17.3 Å². The maximum Gasteiger partial charge on any atom is 0.416 e. The Morgan fingerprint density at radius 1 is 0.703 bits per heavy atom. The summed E-state index contributed by atoms with van der Waals surface area (Å²) in [5, 5.41) is 21.6. The summed E-state index contributed by atoms with van der Waals surface area (Å²) in [5.41, 5.74) is 7.04. The predicted molar refractivity (Wildman–Crippen MR) is 130 cm³/mol. The van der Waals surface area contributed by atoms with Gasteiger partial charge in [-0.25, -0.2) is 4.39 Å². The number of halogens is 4. The Morgan fingerprint density at radius 2 is 1.38 bits per heavy atom. The molecule has 0 aliphatic heterocycles. The molecule has 6 rings (SSSR count). The molecule has 1 N–H and O–H groups in total. The molecule has 178 valence electrons. The van der Waals surface area contributed by atoms with Gasteiger partial charge in [0.15, 0.2) is 6.19 Å². The number of nitrogens with one attached hydrogen (secondary N) is 1. The van der Waals surface area contributed by atoms with Crippen LogP contribution in [0.5, 0.6) is 0 Å². The first-order chi connectivity index (χ1) is 17.8. The summed E-state index contributed by atoms with van der Waals surface area (Å²) < 4.78 is 53.0. The molecule has 2 aliphatic rings. The van der Waals surface area contributed by atoms with Crippen molar-refractivity contribution in [2.75, 3.05) is 0 Å². The minimum atomic E-state index is -4.42. The molecule has 0 aromatic heterocycles. The second-order valence-electron chi connectivity index (χ2n) is 8.80. The second kappa shape index (κ2) is 8.04. The van der Waals surface area contributed by atoms with Gasteiger partial charge in [-0.2, -0.15) is 28.7 Å². The average Bonchev–Trinajstić information content (AvgIpc) is 3.34. The van der Waals surface area contributed by atoms with Crippen LogP contribution in [0.2, 0.25) is 0 Å². The standard InChI is InChI=1S/C29H14F4N4/c30-18-6-8-20-22-12-25-21(11-26(22)28(37-14-35)24(20)10-18)19-7-3-16(9-23(19)27(25)36-13-34)15-1-4-17(5-2-15)29(31,32)33/h1-12,27,36H. The van der Waals surface area contributed by atoms with E-state index in [9.17, 15) is 28.1 Å². The normalized spacial score (nSPS) is 15.8. The molecule has 1 unspecified atom stereocenters. The Hall–Kier alpha value is -4.95. The topological polar surface area (TPSA) is 72.0 Å². The molecule has 37 heavy (non-hydrogen) atoms. The Morgan fingerprint density at radius 3 is 2.08 bits per heavy atom. The van der Waals surface area contributed by atoms with Gasteiger partial charge >= 0.3 is 6.18 Å². The number of alkyl halides is 3. The number of nitriles is 2. The van der Waals surface area contributed by atoms with E-state index in [-0.39, 0.29) is 0 Å². The third-order valence-corrected chi connectivity index (χ3v) is 6.85. The van der Waals surface area contributed by atoms with Gasteiger partial charge in [-0.1, -0.05) is 30.3 Å². The molecular formula is C29H14F4N4. The lowest BCUT2D eigenvalue weighted by Gasteiger charge is -2.14. The van der Waals surface area contributed by atoms with Crippen molar-refractivity contribution in [3.05, 3.63) is 106 Å². The summed E-state index contributed by atoms with van der Waals surface area (Å²) >= 11 is 0. The minimum Gasteiger partial charge on any atom is -0.312 e. The monoisotopic (exact) mass is 494 g/mol. The summed E-state index contributed by atoms with van der Waals surface area (Å²) in [6.45, 7) is 0. The Labute approximate surface area is 208 Å². The fourth-order valence-electron chi connectivity index (χ4n) is 5.24. The largest absolute Gasteiger partial charge is 0.416 e. The number of aliphatic imine (C=N–C) groups is 1. The maximum atomic E-state index is 14.0. The highest BCUT2D eigenvalue weighted by Gasteiger charge is 2.34. The van der Waals surface area contributed by atoms with Crippen molar-refractivity contribution in [2.45, 2.75) is 12.2 Å². The number of benzene rings is 4. The molecule has 0 saturated carbocycles. The summed E-state index contributed by atoms with van der Waals surface area (Å²) in [5.74, 6) is -0.435. The number of hydrogen-bond donors (Lipinski definition) is 1. The van der Waals surface area contributed by atoms with E-state index in [1.807, 2.05) is 36.5 Å². The van der Waals surface area contributed by atoms with Crippen LogP contribution < -0.4 is 5.32 Å². The van der Waals surface area contributed by atoms with E-state index in [1.54, 1.807) is 12.3 Å². The minimum absolute atomic E-state index is 0.384. The van der Waals surface area contributed by atoms with Gasteiger partial charge in [0, 0.05) is 11.1 Å². The quantitative estimate of drug-likeness (QED) is 0.164. The molecule has 0 spiro atoms. The lowest BCUT2D eigenvalue weighted by molar-refractivity contribution is -0.137. The van der Waals surface area contributed by atoms with Gasteiger partial charge in [0.25, 0.3) is 0 Å². The molecular weight excluding hydrogens is 480 g/mol. The van der Waals surface area contributed by atoms with Crippen LogP contribution >= 0.6 is 0 Å². The molecule has 0 radical (unpaired) electrons. The number of rotatable bonds is 2. The van der Waals surface area contributed by atoms with Crippen LogP contribution in [0.25, 0.3) is 33.4 Å². The molecule has 0 amide bonds.